The van der Waals surface area contributed by atoms with E-state index in [2.05, 4.69) is 38.1 Å². The zero-order valence-electron chi connectivity index (χ0n) is 26.7. The first-order valence-electron chi connectivity index (χ1n) is 15.5. The number of likely N-dealkylation sites (tertiary alicyclic amines) is 1. The number of carbonyl (C=O) groups is 1. The number of hydrogen-bond donors (Lipinski definition) is 2. The summed E-state index contributed by atoms with van der Waals surface area (Å²) in [6.45, 7) is 9.66. The Morgan fingerprint density at radius 3 is 2.70 bits per heavy atom. The maximum absolute atomic E-state index is 13.1. The van der Waals surface area contributed by atoms with Gasteiger partial charge in [-0.2, -0.15) is 5.10 Å². The number of amides is 1. The minimum Gasteiger partial charge on any atom is -0.444 e. The number of benzene rings is 2. The van der Waals surface area contributed by atoms with Crippen LogP contribution in [0.1, 0.15) is 46.1 Å². The van der Waals surface area contributed by atoms with Crippen molar-refractivity contribution in [3.8, 4) is 11.3 Å². The molecule has 1 atom stereocenters. The minimum atomic E-state index is -3.99. The van der Waals surface area contributed by atoms with E-state index in [1.807, 2.05) is 32.9 Å². The van der Waals surface area contributed by atoms with Crippen LogP contribution in [0.2, 0.25) is 5.02 Å². The Morgan fingerprint density at radius 2 is 1.94 bits per heavy atom. The highest BCUT2D eigenvalue weighted by molar-refractivity contribution is 7.92. The van der Waals surface area contributed by atoms with Crippen molar-refractivity contribution in [1.82, 2.24) is 29.5 Å². The number of anilines is 2. The lowest BCUT2D eigenvalue weighted by molar-refractivity contribution is 0.0172. The second-order valence-corrected chi connectivity index (χ2v) is 14.7. The van der Waals surface area contributed by atoms with Crippen LogP contribution < -0.4 is 10.0 Å². The monoisotopic (exact) mass is 676 g/mol. The highest BCUT2D eigenvalue weighted by Gasteiger charge is 2.28. The molecule has 5 aromatic rings. The van der Waals surface area contributed by atoms with Crippen LogP contribution in [0.5, 0.6) is 0 Å². The Hall–Kier alpha value is -4.49. The van der Waals surface area contributed by atoms with Crippen LogP contribution in [-0.2, 0) is 21.2 Å². The van der Waals surface area contributed by atoms with Gasteiger partial charge in [0.15, 0.2) is 5.82 Å². The minimum absolute atomic E-state index is 0.0392. The van der Waals surface area contributed by atoms with Gasteiger partial charge in [0.2, 0.25) is 5.95 Å². The molecule has 1 fully saturated rings. The Labute approximate surface area is 278 Å². The molecule has 3 aromatic heterocycles. The van der Waals surface area contributed by atoms with Crippen LogP contribution in [0.4, 0.5) is 16.6 Å². The Morgan fingerprint density at radius 1 is 1.13 bits per heavy atom. The molecule has 6 rings (SSSR count). The van der Waals surface area contributed by atoms with Crippen molar-refractivity contribution >= 4 is 55.9 Å². The first-order valence-corrected chi connectivity index (χ1v) is 17.4. The van der Waals surface area contributed by atoms with Gasteiger partial charge in [-0.1, -0.05) is 30.7 Å². The molecule has 14 heteroatoms. The van der Waals surface area contributed by atoms with Crippen LogP contribution >= 0.6 is 11.6 Å². The predicted molar refractivity (Wildman–Crippen MR) is 182 cm³/mol. The molecule has 47 heavy (non-hydrogen) atoms. The second kappa shape index (κ2) is 13.0. The number of carbonyl (C=O) groups excluding carboxylic acids is 1. The summed E-state index contributed by atoms with van der Waals surface area (Å²) in [5, 5.41) is 8.78. The number of nitrogens with one attached hydrogen (secondary N) is 2. The lowest BCUT2D eigenvalue weighted by Crippen LogP contribution is -2.44. The van der Waals surface area contributed by atoms with E-state index >= 15 is 0 Å². The largest absolute Gasteiger partial charge is 0.444 e. The fourth-order valence-electron chi connectivity index (χ4n) is 5.76. The van der Waals surface area contributed by atoms with E-state index in [9.17, 15) is 13.2 Å². The molecular weight excluding hydrogens is 640 g/mol. The van der Waals surface area contributed by atoms with Crippen molar-refractivity contribution < 1.29 is 17.9 Å². The Kier molecular flexibility index (Phi) is 8.95. The normalized spacial score (nSPS) is 15.6. The number of piperidine rings is 1. The summed E-state index contributed by atoms with van der Waals surface area (Å²) in [4.78, 5) is 28.0. The number of nitrogens with zero attached hydrogens (tertiary/aromatic N) is 6. The van der Waals surface area contributed by atoms with Crippen LogP contribution in [-0.4, -0.2) is 69.2 Å². The molecule has 1 saturated heterocycles. The zero-order valence-corrected chi connectivity index (χ0v) is 28.3. The van der Waals surface area contributed by atoms with E-state index in [0.717, 1.165) is 47.0 Å². The molecule has 0 bridgehead atoms. The summed E-state index contributed by atoms with van der Waals surface area (Å²) >= 11 is 6.16. The molecule has 0 aliphatic carbocycles. The first-order chi connectivity index (χ1) is 22.4. The van der Waals surface area contributed by atoms with Crippen molar-refractivity contribution in [3.05, 3.63) is 71.6 Å². The quantitative estimate of drug-likeness (QED) is 0.190. The topological polar surface area (TPSA) is 144 Å². The summed E-state index contributed by atoms with van der Waals surface area (Å²) in [5.41, 5.74) is 3.46. The van der Waals surface area contributed by atoms with Gasteiger partial charge in [0.25, 0.3) is 10.0 Å². The average Bonchev–Trinajstić information content (AvgIpc) is 3.48. The summed E-state index contributed by atoms with van der Waals surface area (Å²) in [6, 6.07) is 13.9. The molecule has 2 N–H and O–H groups in total. The van der Waals surface area contributed by atoms with Crippen molar-refractivity contribution in [3.63, 3.8) is 0 Å². The van der Waals surface area contributed by atoms with Gasteiger partial charge in [-0.3, -0.25) is 4.72 Å². The average molecular weight is 677 g/mol. The second-order valence-electron chi connectivity index (χ2n) is 12.6. The molecule has 1 aliphatic heterocycles. The molecule has 0 spiro atoms. The third-order valence-corrected chi connectivity index (χ3v) is 9.81. The van der Waals surface area contributed by atoms with E-state index < -0.39 is 15.6 Å². The highest BCUT2D eigenvalue weighted by Crippen LogP contribution is 2.31. The van der Waals surface area contributed by atoms with Crippen molar-refractivity contribution in [2.24, 2.45) is 5.92 Å². The molecule has 12 nitrogen and oxygen atoms in total. The van der Waals surface area contributed by atoms with Gasteiger partial charge in [0, 0.05) is 36.8 Å². The highest BCUT2D eigenvalue weighted by atomic mass is 35.5. The predicted octanol–water partition coefficient (Wildman–Crippen LogP) is 6.42. The van der Waals surface area contributed by atoms with Gasteiger partial charge in [-0.05, 0) is 87.9 Å². The van der Waals surface area contributed by atoms with E-state index in [4.69, 9.17) is 21.3 Å². The fraction of sp³-hybridized carbons (Fsp3) is 0.364. The molecule has 2 aromatic carbocycles. The molecule has 0 unspecified atom stereocenters. The fourth-order valence-corrected chi connectivity index (χ4v) is 7.30. The number of aryl methyl sites for hydroxylation is 1. The van der Waals surface area contributed by atoms with E-state index in [0.29, 0.717) is 31.1 Å². The molecule has 4 heterocycles. The zero-order chi connectivity index (χ0) is 33.3. The maximum atomic E-state index is 13.1. The smallest absolute Gasteiger partial charge is 0.410 e. The van der Waals surface area contributed by atoms with Gasteiger partial charge in [0.1, 0.15) is 22.3 Å². The van der Waals surface area contributed by atoms with E-state index in [-0.39, 0.29) is 27.7 Å². The van der Waals surface area contributed by atoms with Gasteiger partial charge in [-0.25, -0.2) is 32.7 Å². The summed E-state index contributed by atoms with van der Waals surface area (Å²) in [5.74, 6) is 0.923. The van der Waals surface area contributed by atoms with Crippen LogP contribution in [0.25, 0.3) is 27.7 Å². The number of hydrogen-bond acceptors (Lipinski definition) is 9. The molecule has 1 aliphatic rings. The lowest BCUT2D eigenvalue weighted by atomic mass is 9.98. The van der Waals surface area contributed by atoms with E-state index in [1.165, 1.54) is 18.5 Å². The van der Waals surface area contributed by atoms with Gasteiger partial charge in [0.05, 0.1) is 16.2 Å². The maximum Gasteiger partial charge on any atom is 0.410 e. The first kappa shape index (κ1) is 32.5. The summed E-state index contributed by atoms with van der Waals surface area (Å²) < 4.78 is 36.0. The third kappa shape index (κ3) is 7.10. The number of ether oxygens (including phenoxy) is 1. The number of rotatable bonds is 8. The van der Waals surface area contributed by atoms with Crippen LogP contribution in [0.15, 0.2) is 66.0 Å². The Bertz CT molecular complexity index is 2060. The SMILES string of the molecule is CCc1cc(-c2ccc3c(NS(=O)(=O)c4ccccc4Cl)ncnn23)cc2cnc(NC[C@H]3CCCN(C(=O)OC(C)(C)C)C3)nc12. The third-order valence-electron chi connectivity index (χ3n) is 7.97. The van der Waals surface area contributed by atoms with Crippen molar-refractivity contribution in [2.75, 3.05) is 29.7 Å². The molecule has 0 radical (unpaired) electrons. The van der Waals surface area contributed by atoms with Gasteiger partial charge >= 0.3 is 6.09 Å². The lowest BCUT2D eigenvalue weighted by Gasteiger charge is -2.34. The molecule has 0 saturated carbocycles. The number of halogens is 1. The van der Waals surface area contributed by atoms with Crippen LogP contribution in [0, 0.1) is 5.92 Å². The Balaban J connectivity index is 1.22. The molecule has 246 valence electrons. The van der Waals surface area contributed by atoms with Crippen molar-refractivity contribution in [2.45, 2.75) is 57.5 Å². The number of sulfonamides is 1. The van der Waals surface area contributed by atoms with Crippen LogP contribution in [0.3, 0.4) is 0 Å². The van der Waals surface area contributed by atoms with Gasteiger partial charge < -0.3 is 15.0 Å². The summed E-state index contributed by atoms with van der Waals surface area (Å²) in [6.07, 6.45) is 5.49. The number of aromatic nitrogens is 5. The molecule has 1 amide bonds. The summed E-state index contributed by atoms with van der Waals surface area (Å²) in [7, 11) is -3.99. The number of fused-ring (bicyclic) bond motifs is 2. The van der Waals surface area contributed by atoms with E-state index in [1.54, 1.807) is 33.8 Å². The molecular formula is C33H37ClN8O4S. The standard InChI is InChI=1S/C33H37ClN8O4S/c1-5-22-15-23(26-12-13-27-30(37-20-38-42(26)27)40-47(44,45)28-11-7-6-10-25(28)34)16-24-18-36-31(39-29(22)24)35-17-21-9-8-14-41(19-21)32(43)46-33(2,3)4/h6-7,10-13,15-16,18,20-21H,5,8-9,14,17,19H2,1-4H3,(H,35,36,39)(H,37,38,40)/t21-/m1/s1. The van der Waals surface area contributed by atoms with Gasteiger partial charge in [-0.15, -0.1) is 0 Å². The van der Waals surface area contributed by atoms with Crippen molar-refractivity contribution in [1.29, 1.82) is 0 Å².